The molecule has 2 aromatic heterocycles. The van der Waals surface area contributed by atoms with Crippen LogP contribution in [0.25, 0.3) is 22.0 Å². The lowest BCUT2D eigenvalue weighted by Crippen LogP contribution is -2.21. The summed E-state index contributed by atoms with van der Waals surface area (Å²) < 4.78 is 18.9. The second kappa shape index (κ2) is 9.67. The Labute approximate surface area is 192 Å². The topological polar surface area (TPSA) is 69.7 Å². The van der Waals surface area contributed by atoms with Crippen molar-refractivity contribution in [1.29, 1.82) is 0 Å². The maximum absolute atomic E-state index is 12.2. The van der Waals surface area contributed by atoms with E-state index in [0.29, 0.717) is 25.3 Å². The van der Waals surface area contributed by atoms with Crippen LogP contribution in [-0.2, 0) is 6.54 Å². The number of aromatic nitrogens is 2. The van der Waals surface area contributed by atoms with E-state index in [0.717, 1.165) is 46.4 Å². The number of hydrogen-bond acceptors (Lipinski definition) is 6. The van der Waals surface area contributed by atoms with Gasteiger partial charge in [-0.25, -0.2) is 4.79 Å². The summed E-state index contributed by atoms with van der Waals surface area (Å²) in [4.78, 5) is 19.2. The molecule has 2 aromatic carbocycles. The summed E-state index contributed by atoms with van der Waals surface area (Å²) in [6, 6.07) is 13.5. The van der Waals surface area contributed by atoms with Crippen LogP contribution in [0.1, 0.15) is 24.8 Å². The zero-order chi connectivity index (χ0) is 22.6. The van der Waals surface area contributed by atoms with E-state index in [2.05, 4.69) is 9.88 Å². The standard InChI is InChI=1S/C26H29N3O4/c1-19-5-8-23-25(17-19)33-26(30)29(23)14-16-32-24-9-10-27-22-18-20(6-7-21(22)24)31-15-4-13-28-11-2-3-12-28/h5-10,17-18H,2-4,11-16H2,1H3. The minimum absolute atomic E-state index is 0.344. The normalized spacial score (nSPS) is 14.3. The van der Waals surface area contributed by atoms with E-state index < -0.39 is 0 Å². The van der Waals surface area contributed by atoms with Crippen LogP contribution in [0.5, 0.6) is 11.5 Å². The number of hydrogen-bond donors (Lipinski definition) is 0. The largest absolute Gasteiger partial charge is 0.493 e. The number of aryl methyl sites for hydroxylation is 1. The average Bonchev–Trinajstić information content (AvgIpc) is 3.44. The molecule has 0 N–H and O–H groups in total. The molecule has 172 valence electrons. The van der Waals surface area contributed by atoms with Crippen LogP contribution in [0, 0.1) is 6.92 Å². The van der Waals surface area contributed by atoms with Crippen LogP contribution >= 0.6 is 0 Å². The zero-order valence-corrected chi connectivity index (χ0v) is 19.0. The number of pyridine rings is 1. The van der Waals surface area contributed by atoms with Crippen molar-refractivity contribution in [3.63, 3.8) is 0 Å². The summed E-state index contributed by atoms with van der Waals surface area (Å²) in [7, 11) is 0. The first-order chi connectivity index (χ1) is 16.2. The molecule has 5 rings (SSSR count). The van der Waals surface area contributed by atoms with Gasteiger partial charge in [0.1, 0.15) is 18.1 Å². The third-order valence-corrected chi connectivity index (χ3v) is 6.16. The van der Waals surface area contributed by atoms with E-state index in [4.69, 9.17) is 13.9 Å². The highest BCUT2D eigenvalue weighted by Gasteiger charge is 2.12. The molecular weight excluding hydrogens is 418 g/mol. The number of benzene rings is 2. The fraction of sp³-hybridized carbons (Fsp3) is 0.385. The Balaban J connectivity index is 1.21. The molecule has 0 radical (unpaired) electrons. The van der Waals surface area contributed by atoms with E-state index in [1.165, 1.54) is 25.9 Å². The Morgan fingerprint density at radius 1 is 1.00 bits per heavy atom. The zero-order valence-electron chi connectivity index (χ0n) is 19.0. The van der Waals surface area contributed by atoms with Crippen LogP contribution in [0.15, 0.2) is 57.9 Å². The summed E-state index contributed by atoms with van der Waals surface area (Å²) in [5.74, 6) is 1.18. The molecule has 7 heteroatoms. The van der Waals surface area contributed by atoms with E-state index >= 15 is 0 Å². The fourth-order valence-electron chi connectivity index (χ4n) is 4.43. The lowest BCUT2D eigenvalue weighted by Gasteiger charge is -2.14. The first kappa shape index (κ1) is 21.5. The number of fused-ring (bicyclic) bond motifs is 2. The summed E-state index contributed by atoms with van der Waals surface area (Å²) in [5, 5.41) is 0.918. The molecule has 0 amide bonds. The van der Waals surface area contributed by atoms with Crippen molar-refractivity contribution in [3.8, 4) is 11.5 Å². The molecule has 3 heterocycles. The molecule has 0 atom stereocenters. The SMILES string of the molecule is Cc1ccc2c(c1)oc(=O)n2CCOc1ccnc2cc(OCCCN3CCCC3)ccc12. The quantitative estimate of drug-likeness (QED) is 0.354. The summed E-state index contributed by atoms with van der Waals surface area (Å²) in [6.45, 7) is 6.94. The highest BCUT2D eigenvalue weighted by Crippen LogP contribution is 2.27. The van der Waals surface area contributed by atoms with Gasteiger partial charge in [0.2, 0.25) is 0 Å². The van der Waals surface area contributed by atoms with Gasteiger partial charge in [-0.3, -0.25) is 9.55 Å². The van der Waals surface area contributed by atoms with E-state index in [1.54, 1.807) is 10.8 Å². The second-order valence-electron chi connectivity index (χ2n) is 8.58. The predicted octanol–water partition coefficient (Wildman–Crippen LogP) is 4.39. The lowest BCUT2D eigenvalue weighted by molar-refractivity contribution is 0.263. The molecule has 1 fully saturated rings. The third kappa shape index (κ3) is 4.88. The molecule has 1 saturated heterocycles. The second-order valence-corrected chi connectivity index (χ2v) is 8.58. The number of ether oxygens (including phenoxy) is 2. The van der Waals surface area contributed by atoms with Crippen molar-refractivity contribution in [3.05, 3.63) is 64.8 Å². The Hall–Kier alpha value is -3.32. The third-order valence-electron chi connectivity index (χ3n) is 6.16. The molecule has 1 aliphatic rings. The van der Waals surface area contributed by atoms with Crippen molar-refractivity contribution in [2.24, 2.45) is 0 Å². The van der Waals surface area contributed by atoms with Crippen molar-refractivity contribution >= 4 is 22.0 Å². The molecule has 7 nitrogen and oxygen atoms in total. The Morgan fingerprint density at radius 2 is 1.88 bits per heavy atom. The van der Waals surface area contributed by atoms with E-state index in [1.807, 2.05) is 49.4 Å². The maximum atomic E-state index is 12.2. The first-order valence-electron chi connectivity index (χ1n) is 11.6. The number of rotatable bonds is 9. The van der Waals surface area contributed by atoms with Gasteiger partial charge in [-0.05, 0) is 75.2 Å². The van der Waals surface area contributed by atoms with Gasteiger partial charge in [0.05, 0.1) is 24.2 Å². The van der Waals surface area contributed by atoms with E-state index in [-0.39, 0.29) is 5.76 Å². The van der Waals surface area contributed by atoms with Gasteiger partial charge >= 0.3 is 5.76 Å². The smallest absolute Gasteiger partial charge is 0.420 e. The van der Waals surface area contributed by atoms with Crippen molar-refractivity contribution in [2.75, 3.05) is 32.8 Å². The molecule has 0 saturated carbocycles. The summed E-state index contributed by atoms with van der Waals surface area (Å²) in [5.41, 5.74) is 3.26. The molecule has 0 aliphatic carbocycles. The highest BCUT2D eigenvalue weighted by atomic mass is 16.5. The number of nitrogens with zero attached hydrogens (tertiary/aromatic N) is 3. The fourth-order valence-corrected chi connectivity index (χ4v) is 4.43. The number of likely N-dealkylation sites (tertiary alicyclic amines) is 1. The molecule has 4 aromatic rings. The Kier molecular flexibility index (Phi) is 6.30. The Bertz CT molecular complexity index is 1300. The first-order valence-corrected chi connectivity index (χ1v) is 11.6. The van der Waals surface area contributed by atoms with Crippen molar-refractivity contribution in [2.45, 2.75) is 32.7 Å². The van der Waals surface area contributed by atoms with Gasteiger partial charge < -0.3 is 18.8 Å². The number of oxazole rings is 1. The molecule has 1 aliphatic heterocycles. The monoisotopic (exact) mass is 447 g/mol. The van der Waals surface area contributed by atoms with Crippen LogP contribution in [0.3, 0.4) is 0 Å². The predicted molar refractivity (Wildman–Crippen MR) is 128 cm³/mol. The molecule has 0 spiro atoms. The average molecular weight is 448 g/mol. The van der Waals surface area contributed by atoms with Gasteiger partial charge in [-0.1, -0.05) is 6.07 Å². The van der Waals surface area contributed by atoms with Crippen molar-refractivity contribution in [1.82, 2.24) is 14.5 Å². The van der Waals surface area contributed by atoms with Crippen LogP contribution in [-0.4, -0.2) is 47.3 Å². The van der Waals surface area contributed by atoms with Gasteiger partial charge in [0.15, 0.2) is 5.58 Å². The van der Waals surface area contributed by atoms with Gasteiger partial charge in [-0.2, -0.15) is 0 Å². The van der Waals surface area contributed by atoms with Crippen LogP contribution in [0.2, 0.25) is 0 Å². The summed E-state index contributed by atoms with van der Waals surface area (Å²) >= 11 is 0. The van der Waals surface area contributed by atoms with Gasteiger partial charge in [0.25, 0.3) is 0 Å². The summed E-state index contributed by atoms with van der Waals surface area (Å²) in [6.07, 6.45) is 5.39. The molecule has 0 bridgehead atoms. The minimum Gasteiger partial charge on any atom is -0.493 e. The highest BCUT2D eigenvalue weighted by molar-refractivity contribution is 5.86. The molecule has 0 unspecified atom stereocenters. The van der Waals surface area contributed by atoms with Gasteiger partial charge in [-0.15, -0.1) is 0 Å². The van der Waals surface area contributed by atoms with Crippen LogP contribution in [0.4, 0.5) is 0 Å². The Morgan fingerprint density at radius 3 is 2.76 bits per heavy atom. The van der Waals surface area contributed by atoms with E-state index in [9.17, 15) is 4.79 Å². The lowest BCUT2D eigenvalue weighted by atomic mass is 10.2. The molecular formula is C26H29N3O4. The maximum Gasteiger partial charge on any atom is 0.420 e. The molecule has 33 heavy (non-hydrogen) atoms. The van der Waals surface area contributed by atoms with Crippen LogP contribution < -0.4 is 15.2 Å². The van der Waals surface area contributed by atoms with Gasteiger partial charge in [0, 0.05) is 24.2 Å². The van der Waals surface area contributed by atoms with Crippen molar-refractivity contribution < 1.29 is 13.9 Å². The minimum atomic E-state index is -0.370.